The van der Waals surface area contributed by atoms with Crippen molar-refractivity contribution in [1.29, 1.82) is 0 Å². The summed E-state index contributed by atoms with van der Waals surface area (Å²) in [6.07, 6.45) is 1.54. The molecule has 0 amide bonds. The molecule has 0 spiro atoms. The number of aryl methyl sites for hydroxylation is 1. The van der Waals surface area contributed by atoms with Gasteiger partial charge in [-0.1, -0.05) is 46.8 Å². The van der Waals surface area contributed by atoms with Crippen molar-refractivity contribution in [3.63, 3.8) is 0 Å². The molecule has 1 unspecified atom stereocenters. The van der Waals surface area contributed by atoms with E-state index in [1.54, 1.807) is 0 Å². The molecular weight excluding hydrogens is 220 g/mol. The predicted octanol–water partition coefficient (Wildman–Crippen LogP) is 3.94. The van der Waals surface area contributed by atoms with Crippen molar-refractivity contribution in [2.24, 2.45) is 5.92 Å². The zero-order valence-corrected chi connectivity index (χ0v) is 12.4. The van der Waals surface area contributed by atoms with Crippen LogP contribution in [-0.2, 0) is 22.0 Å². The van der Waals surface area contributed by atoms with E-state index >= 15 is 0 Å². The molecule has 0 heterocycles. The fourth-order valence-corrected chi connectivity index (χ4v) is 3.50. The quantitative estimate of drug-likeness (QED) is 0.720. The largest absolute Gasteiger partial charge is 0.303 e. The van der Waals surface area contributed by atoms with Gasteiger partial charge in [0.1, 0.15) is 6.29 Å². The zero-order valence-electron chi connectivity index (χ0n) is 12.4. The van der Waals surface area contributed by atoms with Crippen LogP contribution < -0.4 is 0 Å². The van der Waals surface area contributed by atoms with Gasteiger partial charge in [-0.25, -0.2) is 0 Å². The molecule has 18 heavy (non-hydrogen) atoms. The van der Waals surface area contributed by atoms with Gasteiger partial charge in [0.05, 0.1) is 0 Å². The lowest BCUT2D eigenvalue weighted by atomic mass is 9.71. The number of benzene rings is 1. The summed E-state index contributed by atoms with van der Waals surface area (Å²) < 4.78 is 0. The normalized spacial score (nSPS) is 23.8. The maximum absolute atomic E-state index is 10.8. The van der Waals surface area contributed by atoms with Gasteiger partial charge in [0.15, 0.2) is 0 Å². The summed E-state index contributed by atoms with van der Waals surface area (Å²) in [7, 11) is 0. The van der Waals surface area contributed by atoms with Crippen LogP contribution in [0.25, 0.3) is 0 Å². The molecule has 2 rings (SSSR count). The third-order valence-electron chi connectivity index (χ3n) is 5.33. The maximum atomic E-state index is 10.8. The van der Waals surface area contributed by atoms with Crippen molar-refractivity contribution < 1.29 is 4.79 Å². The highest BCUT2D eigenvalue weighted by atomic mass is 16.1. The van der Waals surface area contributed by atoms with Gasteiger partial charge >= 0.3 is 0 Å². The Kier molecular flexibility index (Phi) is 2.92. The Labute approximate surface area is 111 Å². The average Bonchev–Trinajstić information content (AvgIpc) is 2.40. The van der Waals surface area contributed by atoms with Crippen molar-refractivity contribution in [1.82, 2.24) is 0 Å². The lowest BCUT2D eigenvalue weighted by Crippen LogP contribution is -2.30. The molecule has 0 saturated heterocycles. The van der Waals surface area contributed by atoms with E-state index in [0.717, 1.165) is 6.29 Å². The molecule has 98 valence electrons. The molecule has 0 saturated carbocycles. The molecule has 0 radical (unpaired) electrons. The number of carbonyl (C=O) groups excluding carboxylic acids is 1. The molecule has 1 aliphatic carbocycles. The summed E-state index contributed by atoms with van der Waals surface area (Å²) >= 11 is 0. The van der Waals surface area contributed by atoms with Gasteiger partial charge in [-0.3, -0.25) is 0 Å². The first-order valence-corrected chi connectivity index (χ1v) is 6.81. The van der Waals surface area contributed by atoms with Crippen LogP contribution in [0.15, 0.2) is 12.1 Å². The van der Waals surface area contributed by atoms with Gasteiger partial charge in [0, 0.05) is 6.42 Å². The smallest absolute Gasteiger partial charge is 0.124 e. The summed E-state index contributed by atoms with van der Waals surface area (Å²) in [5, 5.41) is 0. The van der Waals surface area contributed by atoms with Crippen LogP contribution >= 0.6 is 0 Å². The molecule has 0 fully saturated rings. The summed E-state index contributed by atoms with van der Waals surface area (Å²) in [6.45, 7) is 13.8. The molecule has 1 nitrogen and oxygen atoms in total. The topological polar surface area (TPSA) is 17.1 Å². The van der Waals surface area contributed by atoms with Gasteiger partial charge in [-0.15, -0.1) is 0 Å². The minimum Gasteiger partial charge on any atom is -0.303 e. The predicted molar refractivity (Wildman–Crippen MR) is 76.2 cm³/mol. The van der Waals surface area contributed by atoms with E-state index in [1.165, 1.54) is 22.3 Å². The number of hydrogen-bond acceptors (Lipinski definition) is 1. The first kappa shape index (κ1) is 13.3. The van der Waals surface area contributed by atoms with Crippen LogP contribution in [-0.4, -0.2) is 6.29 Å². The molecule has 0 aliphatic heterocycles. The van der Waals surface area contributed by atoms with Crippen molar-refractivity contribution >= 4 is 6.29 Å². The van der Waals surface area contributed by atoms with Crippen LogP contribution in [0.5, 0.6) is 0 Å². The summed E-state index contributed by atoms with van der Waals surface area (Å²) in [5.41, 5.74) is 5.73. The summed E-state index contributed by atoms with van der Waals surface area (Å²) in [5.74, 6) is 0.603. The van der Waals surface area contributed by atoms with Crippen LogP contribution in [0.2, 0.25) is 0 Å². The van der Waals surface area contributed by atoms with Crippen molar-refractivity contribution in [3.05, 3.63) is 34.4 Å². The molecule has 1 heteroatoms. The molecule has 0 N–H and O–H groups in total. The van der Waals surface area contributed by atoms with E-state index in [4.69, 9.17) is 0 Å². The van der Waals surface area contributed by atoms with Crippen molar-refractivity contribution in [2.75, 3.05) is 0 Å². The highest BCUT2D eigenvalue weighted by molar-refractivity contribution is 5.59. The van der Waals surface area contributed by atoms with E-state index in [-0.39, 0.29) is 10.8 Å². The van der Waals surface area contributed by atoms with E-state index in [1.807, 2.05) is 0 Å². The second-order valence-corrected chi connectivity index (χ2v) is 6.86. The second kappa shape index (κ2) is 3.94. The number of fused-ring (bicyclic) bond motifs is 1. The maximum Gasteiger partial charge on any atom is 0.124 e. The number of hydrogen-bond donors (Lipinski definition) is 0. The van der Waals surface area contributed by atoms with Crippen LogP contribution in [0.1, 0.15) is 56.9 Å². The van der Waals surface area contributed by atoms with E-state index in [2.05, 4.69) is 53.7 Å². The van der Waals surface area contributed by atoms with E-state index in [9.17, 15) is 4.79 Å². The number of rotatable bonds is 2. The Morgan fingerprint density at radius 2 is 1.61 bits per heavy atom. The van der Waals surface area contributed by atoms with Gasteiger partial charge in [-0.05, 0) is 45.9 Å². The third kappa shape index (κ3) is 1.64. The molecular formula is C17H24O. The van der Waals surface area contributed by atoms with Gasteiger partial charge < -0.3 is 4.79 Å². The molecule has 1 aromatic carbocycles. The lowest BCUT2D eigenvalue weighted by Gasteiger charge is -2.32. The first-order valence-electron chi connectivity index (χ1n) is 6.81. The average molecular weight is 244 g/mol. The standard InChI is InChI=1S/C17H24O/c1-11-9-14-15(10-13(11)7-8-18)17(5,6)12(2)16(14,3)4/h8-10,12H,7H2,1-6H3. The molecule has 0 bridgehead atoms. The summed E-state index contributed by atoms with van der Waals surface area (Å²) in [6, 6.07) is 4.57. The first-order chi connectivity index (χ1) is 8.22. The van der Waals surface area contributed by atoms with Gasteiger partial charge in [0.2, 0.25) is 0 Å². The van der Waals surface area contributed by atoms with E-state index in [0.29, 0.717) is 12.3 Å². The Balaban J connectivity index is 2.68. The molecule has 1 aliphatic rings. The Hall–Kier alpha value is -1.11. The SMILES string of the molecule is Cc1cc2c(cc1CC=O)C(C)(C)C(C)C2(C)C. The number of aldehydes is 1. The van der Waals surface area contributed by atoms with Crippen LogP contribution in [0.3, 0.4) is 0 Å². The molecule has 1 atom stereocenters. The minimum absolute atomic E-state index is 0.185. The minimum atomic E-state index is 0.185. The Bertz CT molecular complexity index is 495. The summed E-state index contributed by atoms with van der Waals surface area (Å²) in [4.78, 5) is 10.8. The Morgan fingerprint density at radius 3 is 2.11 bits per heavy atom. The van der Waals surface area contributed by atoms with Crippen LogP contribution in [0, 0.1) is 12.8 Å². The fraction of sp³-hybridized carbons (Fsp3) is 0.588. The van der Waals surface area contributed by atoms with E-state index < -0.39 is 0 Å². The molecule has 1 aromatic rings. The van der Waals surface area contributed by atoms with Gasteiger partial charge in [0.25, 0.3) is 0 Å². The van der Waals surface area contributed by atoms with Gasteiger partial charge in [-0.2, -0.15) is 0 Å². The second-order valence-electron chi connectivity index (χ2n) is 6.86. The fourth-order valence-electron chi connectivity index (χ4n) is 3.50. The third-order valence-corrected chi connectivity index (χ3v) is 5.33. The zero-order chi connectivity index (χ0) is 13.7. The highest BCUT2D eigenvalue weighted by Gasteiger charge is 2.48. The Morgan fingerprint density at radius 1 is 1.11 bits per heavy atom. The highest BCUT2D eigenvalue weighted by Crippen LogP contribution is 2.53. The number of carbonyl (C=O) groups is 1. The molecule has 0 aromatic heterocycles. The van der Waals surface area contributed by atoms with Crippen molar-refractivity contribution in [3.8, 4) is 0 Å². The van der Waals surface area contributed by atoms with Crippen molar-refractivity contribution in [2.45, 2.75) is 58.8 Å². The lowest BCUT2D eigenvalue weighted by molar-refractivity contribution is -0.107. The van der Waals surface area contributed by atoms with Crippen LogP contribution in [0.4, 0.5) is 0 Å². The monoisotopic (exact) mass is 244 g/mol.